The zero-order valence-electron chi connectivity index (χ0n) is 12.7. The Morgan fingerprint density at radius 3 is 2.57 bits per heavy atom. The largest absolute Gasteiger partial charge is 0.446 e. The molecule has 116 valence electrons. The molecule has 0 aromatic carbocycles. The molecule has 2 rings (SSSR count). The van der Waals surface area contributed by atoms with Crippen LogP contribution in [-0.4, -0.2) is 35.8 Å². The third-order valence-electron chi connectivity index (χ3n) is 3.23. The quantitative estimate of drug-likeness (QED) is 0.911. The number of aromatic nitrogens is 1. The van der Waals surface area contributed by atoms with Gasteiger partial charge in [0.05, 0.1) is 5.02 Å². The van der Waals surface area contributed by atoms with Crippen molar-refractivity contribution in [3.63, 3.8) is 0 Å². The molecule has 1 fully saturated rings. The van der Waals surface area contributed by atoms with Gasteiger partial charge in [-0.15, -0.1) is 0 Å². The van der Waals surface area contributed by atoms with E-state index < -0.39 is 0 Å². The molecule has 0 unspecified atom stereocenters. The maximum atomic E-state index is 11.7. The fraction of sp³-hybridized carbons (Fsp3) is 0.600. The van der Waals surface area contributed by atoms with Crippen molar-refractivity contribution in [2.75, 3.05) is 18.0 Å². The van der Waals surface area contributed by atoms with Crippen LogP contribution in [0.2, 0.25) is 5.02 Å². The fourth-order valence-electron chi connectivity index (χ4n) is 2.24. The molecule has 1 amide bonds. The maximum Gasteiger partial charge on any atom is 0.407 e. The summed E-state index contributed by atoms with van der Waals surface area (Å²) in [5, 5.41) is 3.45. The molecule has 0 saturated carbocycles. The highest BCUT2D eigenvalue weighted by molar-refractivity contribution is 6.30. The summed E-state index contributed by atoms with van der Waals surface area (Å²) in [5.74, 6) is 0.914. The Balaban J connectivity index is 1.80. The third kappa shape index (κ3) is 5.08. The van der Waals surface area contributed by atoms with Crippen molar-refractivity contribution in [3.8, 4) is 0 Å². The number of carbonyl (C=O) groups excluding carboxylic acids is 1. The van der Waals surface area contributed by atoms with Crippen molar-refractivity contribution < 1.29 is 9.53 Å². The number of alkyl carbamates (subject to hydrolysis) is 1. The first-order valence-electron chi connectivity index (χ1n) is 7.19. The fourth-order valence-corrected chi connectivity index (χ4v) is 2.36. The molecule has 0 aliphatic carbocycles. The van der Waals surface area contributed by atoms with Crippen LogP contribution in [0.5, 0.6) is 0 Å². The van der Waals surface area contributed by atoms with E-state index in [-0.39, 0.29) is 17.7 Å². The highest BCUT2D eigenvalue weighted by Crippen LogP contribution is 2.21. The van der Waals surface area contributed by atoms with Crippen LogP contribution in [0.25, 0.3) is 0 Å². The van der Waals surface area contributed by atoms with Gasteiger partial charge in [0, 0.05) is 37.7 Å². The minimum Gasteiger partial charge on any atom is -0.446 e. The lowest BCUT2D eigenvalue weighted by atomic mass is 10.1. The SMILES string of the molecule is CC(C)(C)NC(=O)OC1CCN(c2ccc(Cl)cn2)CC1. The van der Waals surface area contributed by atoms with Crippen molar-refractivity contribution in [2.45, 2.75) is 45.3 Å². The van der Waals surface area contributed by atoms with Crippen LogP contribution in [-0.2, 0) is 4.74 Å². The summed E-state index contributed by atoms with van der Waals surface area (Å²) in [6, 6.07) is 3.75. The average Bonchev–Trinajstić information content (AvgIpc) is 2.38. The summed E-state index contributed by atoms with van der Waals surface area (Å²) in [4.78, 5) is 18.2. The zero-order chi connectivity index (χ0) is 15.5. The van der Waals surface area contributed by atoms with E-state index in [2.05, 4.69) is 15.2 Å². The Morgan fingerprint density at radius 1 is 1.38 bits per heavy atom. The summed E-state index contributed by atoms with van der Waals surface area (Å²) in [6.07, 6.45) is 2.89. The molecule has 1 aromatic heterocycles. The number of ether oxygens (including phenoxy) is 1. The lowest BCUT2D eigenvalue weighted by Gasteiger charge is -2.33. The lowest BCUT2D eigenvalue weighted by molar-refractivity contribution is 0.0776. The molecule has 1 aromatic rings. The number of nitrogens with zero attached hydrogens (tertiary/aromatic N) is 2. The molecule has 6 heteroatoms. The molecule has 1 N–H and O–H groups in total. The van der Waals surface area contributed by atoms with Crippen LogP contribution in [0.15, 0.2) is 18.3 Å². The molecule has 5 nitrogen and oxygen atoms in total. The van der Waals surface area contributed by atoms with E-state index in [1.165, 1.54) is 0 Å². The van der Waals surface area contributed by atoms with Crippen LogP contribution in [0.4, 0.5) is 10.6 Å². The van der Waals surface area contributed by atoms with Crippen LogP contribution >= 0.6 is 11.6 Å². The number of nitrogens with one attached hydrogen (secondary N) is 1. The number of halogens is 1. The second-order valence-corrected chi connectivity index (χ2v) is 6.74. The first-order chi connectivity index (χ1) is 9.83. The Hall–Kier alpha value is -1.49. The first kappa shape index (κ1) is 15.9. The summed E-state index contributed by atoms with van der Waals surface area (Å²) in [5.41, 5.74) is -0.273. The highest BCUT2D eigenvalue weighted by atomic mass is 35.5. The van der Waals surface area contributed by atoms with Crippen LogP contribution in [0.1, 0.15) is 33.6 Å². The topological polar surface area (TPSA) is 54.5 Å². The zero-order valence-corrected chi connectivity index (χ0v) is 13.5. The van der Waals surface area contributed by atoms with Crippen molar-refractivity contribution in [2.24, 2.45) is 0 Å². The van der Waals surface area contributed by atoms with Gasteiger partial charge in [0.1, 0.15) is 11.9 Å². The molecule has 1 aliphatic heterocycles. The monoisotopic (exact) mass is 311 g/mol. The minimum atomic E-state index is -0.342. The number of anilines is 1. The van der Waals surface area contributed by atoms with Crippen molar-refractivity contribution in [1.82, 2.24) is 10.3 Å². The van der Waals surface area contributed by atoms with E-state index in [0.717, 1.165) is 31.7 Å². The average molecular weight is 312 g/mol. The molecule has 1 aliphatic rings. The summed E-state index contributed by atoms with van der Waals surface area (Å²) < 4.78 is 5.45. The van der Waals surface area contributed by atoms with Gasteiger partial charge >= 0.3 is 6.09 Å². The molecular formula is C15H22ClN3O2. The lowest BCUT2D eigenvalue weighted by Crippen LogP contribution is -2.44. The van der Waals surface area contributed by atoms with Crippen molar-refractivity contribution >= 4 is 23.5 Å². The van der Waals surface area contributed by atoms with E-state index >= 15 is 0 Å². The predicted octanol–water partition coefficient (Wildman–Crippen LogP) is 3.23. The highest BCUT2D eigenvalue weighted by Gasteiger charge is 2.24. The number of hydrogen-bond donors (Lipinski definition) is 1. The standard InChI is InChI=1S/C15H22ClN3O2/c1-15(2,3)18-14(20)21-12-6-8-19(9-7-12)13-5-4-11(16)10-17-13/h4-5,10,12H,6-9H2,1-3H3,(H,18,20). The molecule has 0 radical (unpaired) electrons. The Kier molecular flexibility index (Phi) is 4.93. The summed E-state index contributed by atoms with van der Waals surface area (Å²) in [7, 11) is 0. The van der Waals surface area contributed by atoms with E-state index in [1.807, 2.05) is 32.9 Å². The second kappa shape index (κ2) is 6.52. The molecule has 1 saturated heterocycles. The molecule has 0 atom stereocenters. The van der Waals surface area contributed by atoms with Gasteiger partial charge in [-0.25, -0.2) is 9.78 Å². The van der Waals surface area contributed by atoms with E-state index in [4.69, 9.17) is 16.3 Å². The van der Waals surface area contributed by atoms with E-state index in [9.17, 15) is 4.79 Å². The maximum absolute atomic E-state index is 11.7. The Labute approximate surface area is 130 Å². The number of rotatable bonds is 2. The number of hydrogen-bond acceptors (Lipinski definition) is 4. The molecular weight excluding hydrogens is 290 g/mol. The van der Waals surface area contributed by atoms with Gasteiger partial charge in [-0.1, -0.05) is 11.6 Å². The Morgan fingerprint density at radius 2 is 2.05 bits per heavy atom. The minimum absolute atomic E-state index is 0.0316. The van der Waals surface area contributed by atoms with Gasteiger partial charge in [0.25, 0.3) is 0 Å². The smallest absolute Gasteiger partial charge is 0.407 e. The van der Waals surface area contributed by atoms with Crippen molar-refractivity contribution in [1.29, 1.82) is 0 Å². The molecule has 2 heterocycles. The van der Waals surface area contributed by atoms with Gasteiger partial charge in [0.2, 0.25) is 0 Å². The van der Waals surface area contributed by atoms with Crippen molar-refractivity contribution in [3.05, 3.63) is 23.4 Å². The molecule has 0 spiro atoms. The third-order valence-corrected chi connectivity index (χ3v) is 3.45. The van der Waals surface area contributed by atoms with Gasteiger partial charge in [0.15, 0.2) is 0 Å². The van der Waals surface area contributed by atoms with Crippen LogP contribution in [0, 0.1) is 0 Å². The van der Waals surface area contributed by atoms with Gasteiger partial charge in [-0.05, 0) is 32.9 Å². The number of carbonyl (C=O) groups is 1. The van der Waals surface area contributed by atoms with Gasteiger partial charge in [-0.2, -0.15) is 0 Å². The van der Waals surface area contributed by atoms with Gasteiger partial charge < -0.3 is 15.0 Å². The normalized spacial score (nSPS) is 16.7. The predicted molar refractivity (Wildman–Crippen MR) is 83.9 cm³/mol. The van der Waals surface area contributed by atoms with Gasteiger partial charge in [-0.3, -0.25) is 0 Å². The van der Waals surface area contributed by atoms with E-state index in [0.29, 0.717) is 5.02 Å². The number of pyridine rings is 1. The van der Waals surface area contributed by atoms with Crippen LogP contribution in [0.3, 0.4) is 0 Å². The number of amides is 1. The Bertz CT molecular complexity index is 477. The summed E-state index contributed by atoms with van der Waals surface area (Å²) in [6.45, 7) is 7.44. The first-order valence-corrected chi connectivity index (χ1v) is 7.56. The summed E-state index contributed by atoms with van der Waals surface area (Å²) >= 11 is 5.84. The second-order valence-electron chi connectivity index (χ2n) is 6.30. The molecule has 0 bridgehead atoms. The number of piperidine rings is 1. The molecule has 21 heavy (non-hydrogen) atoms. The van der Waals surface area contributed by atoms with Crippen LogP contribution < -0.4 is 10.2 Å². The van der Waals surface area contributed by atoms with E-state index in [1.54, 1.807) is 6.20 Å².